The number of guanidine groups is 1. The summed E-state index contributed by atoms with van der Waals surface area (Å²) in [5, 5.41) is 11.9. The fourth-order valence-electron chi connectivity index (χ4n) is 3.62. The molecule has 1 fully saturated rings. The Hall–Kier alpha value is -1.69. The second-order valence-electron chi connectivity index (χ2n) is 7.63. The Morgan fingerprint density at radius 3 is 2.87 bits per heavy atom. The van der Waals surface area contributed by atoms with E-state index in [9.17, 15) is 0 Å². The first-order valence-electron chi connectivity index (χ1n) is 10.5. The van der Waals surface area contributed by atoms with Gasteiger partial charge in [-0.15, -0.1) is 34.2 Å². The highest BCUT2D eigenvalue weighted by Crippen LogP contribution is 2.27. The topological polar surface area (TPSA) is 85.4 Å². The van der Waals surface area contributed by atoms with Crippen LogP contribution in [0.2, 0.25) is 0 Å². The van der Waals surface area contributed by atoms with E-state index in [2.05, 4.69) is 43.1 Å². The molecule has 2 aromatic heterocycles. The molecule has 1 aliphatic rings. The fourth-order valence-corrected chi connectivity index (χ4v) is 3.62. The van der Waals surface area contributed by atoms with Crippen LogP contribution < -0.4 is 5.32 Å². The van der Waals surface area contributed by atoms with Crippen LogP contribution in [0.4, 0.5) is 0 Å². The molecule has 2 atom stereocenters. The van der Waals surface area contributed by atoms with Crippen LogP contribution in [0.15, 0.2) is 23.7 Å². The Balaban J connectivity index is 0.00000320. The van der Waals surface area contributed by atoms with Crippen molar-refractivity contribution >= 4 is 29.9 Å². The number of aromatic nitrogens is 5. The van der Waals surface area contributed by atoms with E-state index >= 15 is 0 Å². The van der Waals surface area contributed by atoms with Crippen LogP contribution in [0.25, 0.3) is 0 Å². The minimum atomic E-state index is 0. The molecule has 168 valence electrons. The lowest BCUT2D eigenvalue weighted by Gasteiger charge is -2.39. The van der Waals surface area contributed by atoms with Gasteiger partial charge >= 0.3 is 0 Å². The average Bonchev–Trinajstić information content (AvgIpc) is 3.36. The molecule has 1 N–H and O–H groups in total. The third kappa shape index (κ3) is 6.40. The largest absolute Gasteiger partial charge is 0.382 e. The number of rotatable bonds is 8. The maximum atomic E-state index is 5.46. The lowest BCUT2D eigenvalue weighted by molar-refractivity contribution is 0.145. The fraction of sp³-hybridized carbons (Fsp3) is 0.700. The molecule has 3 heterocycles. The average molecular weight is 530 g/mol. The quantitative estimate of drug-likeness (QED) is 0.244. The second-order valence-corrected chi connectivity index (χ2v) is 7.63. The van der Waals surface area contributed by atoms with Gasteiger partial charge in [-0.2, -0.15) is 0 Å². The number of halogens is 1. The minimum absolute atomic E-state index is 0. The van der Waals surface area contributed by atoms with E-state index in [0.717, 1.165) is 63.3 Å². The number of ether oxygens (including phenoxy) is 1. The predicted octanol–water partition coefficient (Wildman–Crippen LogP) is 2.39. The van der Waals surface area contributed by atoms with Crippen molar-refractivity contribution in [1.29, 1.82) is 0 Å². The van der Waals surface area contributed by atoms with E-state index in [-0.39, 0.29) is 24.0 Å². The van der Waals surface area contributed by atoms with E-state index in [1.165, 1.54) is 0 Å². The van der Waals surface area contributed by atoms with E-state index < -0.39 is 0 Å². The highest BCUT2D eigenvalue weighted by atomic mass is 127. The van der Waals surface area contributed by atoms with Gasteiger partial charge in [-0.1, -0.05) is 6.92 Å². The lowest BCUT2D eigenvalue weighted by Crippen LogP contribution is -2.49. The number of hydrogen-bond donors (Lipinski definition) is 1. The van der Waals surface area contributed by atoms with Gasteiger partial charge in [0.15, 0.2) is 11.8 Å². The van der Waals surface area contributed by atoms with Crippen LogP contribution >= 0.6 is 24.0 Å². The zero-order chi connectivity index (χ0) is 20.6. The van der Waals surface area contributed by atoms with Gasteiger partial charge < -0.3 is 24.1 Å². The highest BCUT2D eigenvalue weighted by Gasteiger charge is 2.29. The van der Waals surface area contributed by atoms with Crippen LogP contribution in [0, 0.1) is 12.8 Å². The number of nitrogens with one attached hydrogen (secondary N) is 1. The summed E-state index contributed by atoms with van der Waals surface area (Å²) in [5.74, 6) is 3.29. The Labute approximate surface area is 196 Å². The zero-order valence-corrected chi connectivity index (χ0v) is 20.8. The van der Waals surface area contributed by atoms with Crippen molar-refractivity contribution in [2.75, 3.05) is 32.8 Å². The number of hydrogen-bond acceptors (Lipinski definition) is 5. The molecular weight excluding hydrogens is 495 g/mol. The summed E-state index contributed by atoms with van der Waals surface area (Å²) in [6, 6.07) is 0.388. The maximum Gasteiger partial charge on any atom is 0.194 e. The van der Waals surface area contributed by atoms with Gasteiger partial charge in [-0.3, -0.25) is 0 Å². The van der Waals surface area contributed by atoms with Gasteiger partial charge in [0.25, 0.3) is 0 Å². The first kappa shape index (κ1) is 24.6. The van der Waals surface area contributed by atoms with Crippen LogP contribution in [0.3, 0.4) is 0 Å². The molecule has 1 saturated heterocycles. The van der Waals surface area contributed by atoms with Gasteiger partial charge in [0, 0.05) is 52.3 Å². The molecule has 0 aliphatic carbocycles. The van der Waals surface area contributed by atoms with Crippen LogP contribution in [0.5, 0.6) is 0 Å². The number of likely N-dealkylation sites (tertiary alicyclic amines) is 1. The normalized spacial score (nSPS) is 19.6. The molecule has 3 rings (SSSR count). The number of aryl methyl sites for hydroxylation is 1. The number of aliphatic imine (C=N–C) groups is 1. The van der Waals surface area contributed by atoms with E-state index in [0.29, 0.717) is 18.5 Å². The summed E-state index contributed by atoms with van der Waals surface area (Å²) in [7, 11) is 1.98. The highest BCUT2D eigenvalue weighted by molar-refractivity contribution is 14.0. The van der Waals surface area contributed by atoms with Crippen LogP contribution in [0.1, 0.15) is 44.4 Å². The Morgan fingerprint density at radius 1 is 1.37 bits per heavy atom. The lowest BCUT2D eigenvalue weighted by atomic mass is 9.93. The minimum Gasteiger partial charge on any atom is -0.382 e. The molecule has 0 spiro atoms. The van der Waals surface area contributed by atoms with Crippen LogP contribution in [-0.4, -0.2) is 68.0 Å². The summed E-state index contributed by atoms with van der Waals surface area (Å²) >= 11 is 0. The Morgan fingerprint density at radius 2 is 2.20 bits per heavy atom. The van der Waals surface area contributed by atoms with Crippen molar-refractivity contribution in [2.45, 2.75) is 46.2 Å². The molecule has 1 aliphatic heterocycles. The van der Waals surface area contributed by atoms with Gasteiger partial charge in [0.1, 0.15) is 12.4 Å². The molecule has 9 nitrogen and oxygen atoms in total. The molecule has 0 aromatic carbocycles. The summed E-state index contributed by atoms with van der Waals surface area (Å²) in [4.78, 5) is 11.5. The number of nitrogens with zero attached hydrogens (tertiary/aromatic N) is 7. The zero-order valence-electron chi connectivity index (χ0n) is 18.5. The molecule has 0 bridgehead atoms. The Bertz CT molecular complexity index is 776. The van der Waals surface area contributed by atoms with Crippen molar-refractivity contribution in [3.8, 4) is 0 Å². The molecule has 2 aromatic rings. The summed E-state index contributed by atoms with van der Waals surface area (Å²) in [5.41, 5.74) is 0. The molecule has 30 heavy (non-hydrogen) atoms. The number of imidazole rings is 1. The van der Waals surface area contributed by atoms with E-state index in [1.54, 1.807) is 0 Å². The smallest absolute Gasteiger partial charge is 0.194 e. The molecule has 2 unspecified atom stereocenters. The van der Waals surface area contributed by atoms with Gasteiger partial charge in [-0.25, -0.2) is 9.98 Å². The molecular formula is C20H35IN8O. The third-order valence-electron chi connectivity index (χ3n) is 5.63. The van der Waals surface area contributed by atoms with Gasteiger partial charge in [-0.05, 0) is 32.6 Å². The van der Waals surface area contributed by atoms with Crippen molar-refractivity contribution in [3.05, 3.63) is 30.4 Å². The maximum absolute atomic E-state index is 5.46. The van der Waals surface area contributed by atoms with Crippen molar-refractivity contribution in [2.24, 2.45) is 18.0 Å². The first-order valence-corrected chi connectivity index (χ1v) is 10.5. The molecule has 10 heteroatoms. The van der Waals surface area contributed by atoms with Crippen molar-refractivity contribution in [3.63, 3.8) is 0 Å². The standard InChI is InChI=1S/C20H34N8O.HI/c1-5-29-12-6-8-22-20(23-13-19-25-24-17(3)26(19)4)27-10-7-16(2)18(14-27)28-11-9-21-15-28;/h9,11,15-16,18H,5-8,10,12-14H2,1-4H3,(H,22,23);1H. The Kier molecular flexibility index (Phi) is 10.0. The predicted molar refractivity (Wildman–Crippen MR) is 128 cm³/mol. The first-order chi connectivity index (χ1) is 14.1. The SMILES string of the molecule is CCOCCCNC(=NCc1nnc(C)n1C)N1CCC(C)C(n2ccnc2)C1.I. The summed E-state index contributed by atoms with van der Waals surface area (Å²) < 4.78 is 9.67. The van der Waals surface area contributed by atoms with Crippen LogP contribution in [-0.2, 0) is 18.3 Å². The summed E-state index contributed by atoms with van der Waals surface area (Å²) in [6.07, 6.45) is 7.89. The van der Waals surface area contributed by atoms with E-state index in [1.807, 2.05) is 38.0 Å². The third-order valence-corrected chi connectivity index (χ3v) is 5.63. The van der Waals surface area contributed by atoms with Crippen molar-refractivity contribution in [1.82, 2.24) is 34.5 Å². The molecule has 0 radical (unpaired) electrons. The molecule has 0 amide bonds. The van der Waals surface area contributed by atoms with Crippen molar-refractivity contribution < 1.29 is 4.74 Å². The van der Waals surface area contributed by atoms with Gasteiger partial charge in [0.05, 0.1) is 12.4 Å². The van der Waals surface area contributed by atoms with Gasteiger partial charge in [0.2, 0.25) is 0 Å². The molecule has 0 saturated carbocycles. The number of piperidine rings is 1. The second kappa shape index (κ2) is 12.2. The monoisotopic (exact) mass is 530 g/mol. The van der Waals surface area contributed by atoms with E-state index in [4.69, 9.17) is 9.73 Å². The summed E-state index contributed by atoms with van der Waals surface area (Å²) in [6.45, 7) is 11.0.